The summed E-state index contributed by atoms with van der Waals surface area (Å²) in [7, 11) is 3.23. The first-order valence-corrected chi connectivity index (χ1v) is 19.3. The molecule has 0 spiro atoms. The van der Waals surface area contributed by atoms with Gasteiger partial charge >= 0.3 is 17.5 Å². The Morgan fingerprint density at radius 1 is 0.763 bits per heavy atom. The second-order valence-corrected chi connectivity index (χ2v) is 14.8. The maximum Gasteiger partial charge on any atom is 0.394 e. The number of ether oxygens (including phenoxy) is 1. The molecule has 0 radical (unpaired) electrons. The second kappa shape index (κ2) is 17.4. The number of alkyl halides is 2. The SMILES string of the molecule is Cc1c(-c2cccc(OC(C)(F)F)c2)[nH]c2c(=O)n(CCCO)c(=O)n(C)c12.Cc1ccc(Cn2cc(-c3cccc(Cl)c3)c3c2c(=O)n(CCCO)c(=O)n3C)cc1. The van der Waals surface area contributed by atoms with Gasteiger partial charge in [-0.25, -0.2) is 9.59 Å². The van der Waals surface area contributed by atoms with Crippen LogP contribution in [0.3, 0.4) is 0 Å². The summed E-state index contributed by atoms with van der Waals surface area (Å²) in [5, 5.41) is 18.8. The molecule has 0 aliphatic heterocycles. The standard InChI is InChI=1S/C24H24ClN3O3.C19H21F2N3O4/c1-16-7-9-17(10-8-16)14-27-15-20(18-5-3-6-19(25)13-18)21-22(27)23(30)28(11-4-12-29)24(31)26(21)2;1-11-14(12-6-4-7-13(10-12)28-19(2,20)21)22-15-16(11)23(3)18(27)24(17(15)26)8-5-9-25/h3,5-10,13,15,29H,4,11-12,14H2,1-2H3;4,6-7,10,22,25H,5,8-9H2,1-3H3. The van der Waals surface area contributed by atoms with Gasteiger partial charge in [0.25, 0.3) is 11.1 Å². The van der Waals surface area contributed by atoms with Crippen LogP contribution in [0.25, 0.3) is 44.5 Å². The molecule has 59 heavy (non-hydrogen) atoms. The third-order valence-electron chi connectivity index (χ3n) is 9.99. The third-order valence-corrected chi connectivity index (χ3v) is 10.2. The lowest BCUT2D eigenvalue weighted by Gasteiger charge is -2.13. The second-order valence-electron chi connectivity index (χ2n) is 14.4. The van der Waals surface area contributed by atoms with Gasteiger partial charge < -0.3 is 24.5 Å². The van der Waals surface area contributed by atoms with Gasteiger partial charge in [-0.3, -0.25) is 27.9 Å². The number of hydrogen-bond acceptors (Lipinski definition) is 7. The molecule has 0 saturated carbocycles. The smallest absolute Gasteiger partial charge is 0.394 e. The van der Waals surface area contributed by atoms with Crippen LogP contribution in [0.2, 0.25) is 5.02 Å². The highest BCUT2D eigenvalue weighted by atomic mass is 35.5. The van der Waals surface area contributed by atoms with Crippen LogP contribution in [0, 0.1) is 13.8 Å². The highest BCUT2D eigenvalue weighted by molar-refractivity contribution is 6.30. The molecule has 4 heterocycles. The van der Waals surface area contributed by atoms with E-state index in [0.29, 0.717) is 58.3 Å². The number of aromatic amines is 1. The average Bonchev–Trinajstić information content (AvgIpc) is 3.75. The number of rotatable bonds is 12. The van der Waals surface area contributed by atoms with Crippen molar-refractivity contribution in [2.45, 2.75) is 59.4 Å². The van der Waals surface area contributed by atoms with E-state index in [1.165, 1.54) is 25.8 Å². The predicted molar refractivity (Wildman–Crippen MR) is 225 cm³/mol. The van der Waals surface area contributed by atoms with E-state index in [2.05, 4.69) is 9.72 Å². The van der Waals surface area contributed by atoms with Gasteiger partial charge in [-0.05, 0) is 67.6 Å². The van der Waals surface area contributed by atoms with Crippen molar-refractivity contribution in [1.29, 1.82) is 0 Å². The van der Waals surface area contributed by atoms with E-state index in [0.717, 1.165) is 26.8 Å². The molecule has 7 aromatic rings. The van der Waals surface area contributed by atoms with Crippen molar-refractivity contribution >= 4 is 33.7 Å². The number of nitrogens with zero attached hydrogens (tertiary/aromatic N) is 5. The van der Waals surface area contributed by atoms with Crippen molar-refractivity contribution in [3.8, 4) is 28.1 Å². The molecule has 16 heteroatoms. The van der Waals surface area contributed by atoms with Crippen LogP contribution in [0.1, 0.15) is 36.5 Å². The van der Waals surface area contributed by atoms with E-state index in [1.807, 2.05) is 60.2 Å². The van der Waals surface area contributed by atoms with E-state index in [-0.39, 0.29) is 49.5 Å². The fourth-order valence-electron chi connectivity index (χ4n) is 7.20. The highest BCUT2D eigenvalue weighted by Gasteiger charge is 2.25. The quantitative estimate of drug-likeness (QED) is 0.138. The Hall–Kier alpha value is -6.03. The third kappa shape index (κ3) is 8.87. The molecule has 7 rings (SSSR count). The number of H-pyrrole nitrogens is 1. The van der Waals surface area contributed by atoms with Gasteiger partial charge in [0.15, 0.2) is 0 Å². The number of halogens is 3. The fraction of sp³-hybridized carbons (Fsp3) is 0.302. The van der Waals surface area contributed by atoms with Crippen LogP contribution in [-0.2, 0) is 33.7 Å². The molecule has 3 N–H and O–H groups in total. The molecule has 0 saturated heterocycles. The number of aryl methyl sites for hydroxylation is 4. The number of hydrogen-bond donors (Lipinski definition) is 3. The summed E-state index contributed by atoms with van der Waals surface area (Å²) in [6.07, 6.45) is -0.801. The van der Waals surface area contributed by atoms with Crippen molar-refractivity contribution in [3.63, 3.8) is 0 Å². The summed E-state index contributed by atoms with van der Waals surface area (Å²) >= 11 is 6.22. The Morgan fingerprint density at radius 2 is 1.36 bits per heavy atom. The van der Waals surface area contributed by atoms with Crippen LogP contribution in [0.4, 0.5) is 8.78 Å². The maximum absolute atomic E-state index is 13.4. The van der Waals surface area contributed by atoms with Gasteiger partial charge in [-0.2, -0.15) is 8.78 Å². The Morgan fingerprint density at radius 3 is 1.97 bits per heavy atom. The van der Waals surface area contributed by atoms with E-state index >= 15 is 0 Å². The van der Waals surface area contributed by atoms with Crippen molar-refractivity contribution < 1.29 is 23.7 Å². The Balaban J connectivity index is 0.000000199. The van der Waals surface area contributed by atoms with Crippen LogP contribution in [-0.4, -0.2) is 57.4 Å². The number of aliphatic hydroxyl groups is 2. The summed E-state index contributed by atoms with van der Waals surface area (Å²) in [6, 6.07) is 21.6. The minimum atomic E-state index is -3.32. The summed E-state index contributed by atoms with van der Waals surface area (Å²) < 4.78 is 38.0. The topological polar surface area (TPSA) is 158 Å². The first-order valence-electron chi connectivity index (χ1n) is 18.9. The lowest BCUT2D eigenvalue weighted by atomic mass is 10.1. The first kappa shape index (κ1) is 42.6. The normalized spacial score (nSPS) is 11.6. The van der Waals surface area contributed by atoms with Crippen molar-refractivity contribution in [1.82, 2.24) is 27.8 Å². The molecular formula is C43H45ClF2N6O7. The molecule has 310 valence electrons. The van der Waals surface area contributed by atoms with Crippen LogP contribution in [0.15, 0.2) is 98.2 Å². The van der Waals surface area contributed by atoms with Gasteiger partial charge in [0.2, 0.25) is 0 Å². The maximum atomic E-state index is 13.4. The zero-order valence-electron chi connectivity index (χ0n) is 33.3. The monoisotopic (exact) mass is 830 g/mol. The van der Waals surface area contributed by atoms with E-state index in [4.69, 9.17) is 16.7 Å². The Kier molecular flexibility index (Phi) is 12.6. The molecule has 13 nitrogen and oxygen atoms in total. The van der Waals surface area contributed by atoms with Crippen molar-refractivity contribution in [2.75, 3.05) is 13.2 Å². The van der Waals surface area contributed by atoms with Gasteiger partial charge in [0, 0.05) is 76.2 Å². The molecular weight excluding hydrogens is 786 g/mol. The molecule has 0 fully saturated rings. The van der Waals surface area contributed by atoms with Gasteiger partial charge in [0.05, 0.1) is 16.7 Å². The zero-order chi connectivity index (χ0) is 42.8. The lowest BCUT2D eigenvalue weighted by Crippen LogP contribution is -2.39. The number of nitrogens with one attached hydrogen (secondary N) is 1. The molecule has 0 unspecified atom stereocenters. The molecule has 0 bridgehead atoms. The molecule has 0 aliphatic rings. The van der Waals surface area contributed by atoms with E-state index in [9.17, 15) is 33.1 Å². The van der Waals surface area contributed by atoms with Crippen molar-refractivity contribution in [3.05, 3.63) is 142 Å². The lowest BCUT2D eigenvalue weighted by molar-refractivity contribution is -0.158. The number of benzene rings is 3. The van der Waals surface area contributed by atoms with E-state index in [1.54, 1.807) is 39.2 Å². The molecule has 3 aromatic carbocycles. The first-order chi connectivity index (χ1) is 28.0. The van der Waals surface area contributed by atoms with Crippen LogP contribution < -0.4 is 27.2 Å². The van der Waals surface area contributed by atoms with Gasteiger partial charge in [0.1, 0.15) is 16.8 Å². The van der Waals surface area contributed by atoms with E-state index < -0.39 is 23.0 Å². The number of aromatic nitrogens is 6. The average molecular weight is 831 g/mol. The Labute approximate surface area is 341 Å². The minimum Gasteiger partial charge on any atom is -0.433 e. The fourth-order valence-corrected chi connectivity index (χ4v) is 7.39. The molecule has 0 aliphatic carbocycles. The number of aliphatic hydroxyl groups excluding tert-OH is 2. The van der Waals surface area contributed by atoms with Crippen LogP contribution >= 0.6 is 11.6 Å². The largest absolute Gasteiger partial charge is 0.433 e. The minimum absolute atomic E-state index is 0.0164. The Bertz CT molecular complexity index is 2900. The van der Waals surface area contributed by atoms with Crippen molar-refractivity contribution in [2.24, 2.45) is 14.1 Å². The van der Waals surface area contributed by atoms with Crippen LogP contribution in [0.5, 0.6) is 5.75 Å². The summed E-state index contributed by atoms with van der Waals surface area (Å²) in [4.78, 5) is 54.7. The predicted octanol–water partition coefficient (Wildman–Crippen LogP) is 5.94. The van der Waals surface area contributed by atoms with Gasteiger partial charge in [-0.1, -0.05) is 65.7 Å². The molecule has 0 amide bonds. The number of fused-ring (bicyclic) bond motifs is 2. The highest BCUT2D eigenvalue weighted by Crippen LogP contribution is 2.32. The molecule has 4 aromatic heterocycles. The zero-order valence-corrected chi connectivity index (χ0v) is 34.0. The summed E-state index contributed by atoms with van der Waals surface area (Å²) in [5.74, 6) is -0.0164. The van der Waals surface area contributed by atoms with Gasteiger partial charge in [-0.15, -0.1) is 0 Å². The molecule has 0 atom stereocenters. The summed E-state index contributed by atoms with van der Waals surface area (Å²) in [6.45, 7) is 4.95. The summed E-state index contributed by atoms with van der Waals surface area (Å²) in [5.41, 5.74) is 5.52.